The van der Waals surface area contributed by atoms with Crippen LogP contribution >= 0.6 is 0 Å². The number of hydrogen-bond acceptors (Lipinski definition) is 3. The standard InChI is InChI=1S/C11H15N3/c1-3-6-10(4-2)14-9-11-12-7-5-8-13-11/h2,5,7-8,10,14H,3,6,9H2,1H3. The Morgan fingerprint density at radius 2 is 2.21 bits per heavy atom. The van der Waals surface area contributed by atoms with Crippen molar-refractivity contribution in [2.24, 2.45) is 0 Å². The van der Waals surface area contributed by atoms with Crippen LogP contribution in [0.5, 0.6) is 0 Å². The van der Waals surface area contributed by atoms with Crippen molar-refractivity contribution in [2.45, 2.75) is 32.4 Å². The lowest BCUT2D eigenvalue weighted by Gasteiger charge is -2.10. The van der Waals surface area contributed by atoms with Gasteiger partial charge in [0.05, 0.1) is 12.6 Å². The van der Waals surface area contributed by atoms with Crippen LogP contribution in [0.3, 0.4) is 0 Å². The minimum absolute atomic E-state index is 0.129. The molecule has 1 N–H and O–H groups in total. The molecule has 0 amide bonds. The van der Waals surface area contributed by atoms with Gasteiger partial charge in [0.2, 0.25) is 0 Å². The average molecular weight is 189 g/mol. The van der Waals surface area contributed by atoms with Crippen LogP contribution in [0.4, 0.5) is 0 Å². The molecule has 1 atom stereocenters. The van der Waals surface area contributed by atoms with E-state index >= 15 is 0 Å². The van der Waals surface area contributed by atoms with Crippen molar-refractivity contribution in [1.29, 1.82) is 0 Å². The van der Waals surface area contributed by atoms with Crippen molar-refractivity contribution in [2.75, 3.05) is 0 Å². The van der Waals surface area contributed by atoms with Crippen LogP contribution in [0, 0.1) is 12.3 Å². The molecule has 74 valence electrons. The summed E-state index contributed by atoms with van der Waals surface area (Å²) in [5, 5.41) is 3.23. The molecule has 1 rings (SSSR count). The topological polar surface area (TPSA) is 37.8 Å². The first-order valence-corrected chi connectivity index (χ1v) is 4.82. The molecule has 1 aromatic heterocycles. The van der Waals surface area contributed by atoms with Crippen LogP contribution in [0.25, 0.3) is 0 Å². The van der Waals surface area contributed by atoms with Gasteiger partial charge in [-0.1, -0.05) is 19.3 Å². The Morgan fingerprint density at radius 3 is 2.79 bits per heavy atom. The third-order valence-electron chi connectivity index (χ3n) is 1.90. The second-order valence-electron chi connectivity index (χ2n) is 3.05. The number of rotatable bonds is 5. The van der Waals surface area contributed by atoms with Gasteiger partial charge in [0.25, 0.3) is 0 Å². The Kier molecular flexibility index (Phi) is 4.66. The van der Waals surface area contributed by atoms with Crippen LogP contribution in [0.1, 0.15) is 25.6 Å². The lowest BCUT2D eigenvalue weighted by molar-refractivity contribution is 0.550. The van der Waals surface area contributed by atoms with Crippen molar-refractivity contribution in [3.63, 3.8) is 0 Å². The molecule has 0 bridgehead atoms. The first-order chi connectivity index (χ1) is 6.86. The molecule has 0 radical (unpaired) electrons. The molecule has 3 nitrogen and oxygen atoms in total. The molecular formula is C11H15N3. The summed E-state index contributed by atoms with van der Waals surface area (Å²) in [7, 11) is 0. The Morgan fingerprint density at radius 1 is 1.50 bits per heavy atom. The molecule has 14 heavy (non-hydrogen) atoms. The van der Waals surface area contributed by atoms with Gasteiger partial charge in [0.15, 0.2) is 0 Å². The minimum Gasteiger partial charge on any atom is -0.297 e. The zero-order valence-electron chi connectivity index (χ0n) is 8.40. The fourth-order valence-electron chi connectivity index (χ4n) is 1.17. The number of nitrogens with one attached hydrogen (secondary N) is 1. The van der Waals surface area contributed by atoms with E-state index in [1.807, 2.05) is 0 Å². The smallest absolute Gasteiger partial charge is 0.141 e. The van der Waals surface area contributed by atoms with Crippen molar-refractivity contribution in [3.05, 3.63) is 24.3 Å². The lowest BCUT2D eigenvalue weighted by Crippen LogP contribution is -2.27. The van der Waals surface area contributed by atoms with E-state index in [0.29, 0.717) is 6.54 Å². The van der Waals surface area contributed by atoms with E-state index in [0.717, 1.165) is 18.7 Å². The largest absolute Gasteiger partial charge is 0.297 e. The molecule has 0 saturated carbocycles. The molecule has 0 aliphatic rings. The molecular weight excluding hydrogens is 174 g/mol. The average Bonchev–Trinajstić information content (AvgIpc) is 2.25. The molecule has 0 fully saturated rings. The summed E-state index contributed by atoms with van der Waals surface area (Å²) in [6.45, 7) is 2.75. The molecule has 1 unspecified atom stereocenters. The number of nitrogens with zero attached hydrogens (tertiary/aromatic N) is 2. The molecule has 0 aliphatic carbocycles. The van der Waals surface area contributed by atoms with Gasteiger partial charge in [-0.05, 0) is 12.5 Å². The molecule has 0 saturated heterocycles. The highest BCUT2D eigenvalue weighted by Gasteiger charge is 2.02. The summed E-state index contributed by atoms with van der Waals surface area (Å²) < 4.78 is 0. The Bertz CT molecular complexity index is 289. The van der Waals surface area contributed by atoms with Crippen LogP contribution in [0.2, 0.25) is 0 Å². The third kappa shape index (κ3) is 3.55. The van der Waals surface area contributed by atoms with E-state index in [-0.39, 0.29) is 6.04 Å². The maximum Gasteiger partial charge on any atom is 0.141 e. The first-order valence-electron chi connectivity index (χ1n) is 4.82. The summed E-state index contributed by atoms with van der Waals surface area (Å²) in [4.78, 5) is 8.21. The third-order valence-corrected chi connectivity index (χ3v) is 1.90. The molecule has 0 aromatic carbocycles. The highest BCUT2D eigenvalue weighted by Crippen LogP contribution is 1.96. The van der Waals surface area contributed by atoms with Gasteiger partial charge < -0.3 is 0 Å². The van der Waals surface area contributed by atoms with E-state index < -0.39 is 0 Å². The monoisotopic (exact) mass is 189 g/mol. The predicted octanol–water partition coefficient (Wildman–Crippen LogP) is 1.37. The van der Waals surface area contributed by atoms with Gasteiger partial charge in [-0.3, -0.25) is 5.32 Å². The van der Waals surface area contributed by atoms with Crippen molar-refractivity contribution in [1.82, 2.24) is 15.3 Å². The summed E-state index contributed by atoms with van der Waals surface area (Å²) >= 11 is 0. The number of hydrogen-bond donors (Lipinski definition) is 1. The van der Waals surface area contributed by atoms with Crippen molar-refractivity contribution < 1.29 is 0 Å². The molecule has 0 aliphatic heterocycles. The summed E-state index contributed by atoms with van der Waals surface area (Å²) in [5.41, 5.74) is 0. The number of aromatic nitrogens is 2. The SMILES string of the molecule is C#CC(CCC)NCc1ncccn1. The fraction of sp³-hybridized carbons (Fsp3) is 0.455. The molecule has 1 aromatic rings. The zero-order chi connectivity index (χ0) is 10.2. The van der Waals surface area contributed by atoms with Gasteiger partial charge >= 0.3 is 0 Å². The van der Waals surface area contributed by atoms with E-state index in [4.69, 9.17) is 6.42 Å². The summed E-state index contributed by atoms with van der Waals surface area (Å²) in [6.07, 6.45) is 10.9. The van der Waals surface area contributed by atoms with E-state index in [9.17, 15) is 0 Å². The van der Waals surface area contributed by atoms with Gasteiger partial charge in [0, 0.05) is 12.4 Å². The fourth-order valence-corrected chi connectivity index (χ4v) is 1.17. The van der Waals surface area contributed by atoms with Gasteiger partial charge in [-0.15, -0.1) is 6.42 Å². The van der Waals surface area contributed by atoms with E-state index in [2.05, 4.69) is 28.1 Å². The second-order valence-corrected chi connectivity index (χ2v) is 3.05. The lowest BCUT2D eigenvalue weighted by atomic mass is 10.2. The first kappa shape index (κ1) is 10.7. The predicted molar refractivity (Wildman–Crippen MR) is 56.4 cm³/mol. The molecule has 1 heterocycles. The van der Waals surface area contributed by atoms with Crippen LogP contribution < -0.4 is 5.32 Å². The van der Waals surface area contributed by atoms with E-state index in [1.54, 1.807) is 18.5 Å². The van der Waals surface area contributed by atoms with Gasteiger partial charge in [0.1, 0.15) is 5.82 Å². The quantitative estimate of drug-likeness (QED) is 0.711. The maximum absolute atomic E-state index is 5.37. The highest BCUT2D eigenvalue weighted by atomic mass is 15.0. The summed E-state index contributed by atoms with van der Waals surface area (Å²) in [5.74, 6) is 3.49. The van der Waals surface area contributed by atoms with Crippen LogP contribution in [-0.4, -0.2) is 16.0 Å². The summed E-state index contributed by atoms with van der Waals surface area (Å²) in [6, 6.07) is 1.93. The van der Waals surface area contributed by atoms with E-state index in [1.165, 1.54) is 0 Å². The van der Waals surface area contributed by atoms with Crippen molar-refractivity contribution >= 4 is 0 Å². The van der Waals surface area contributed by atoms with Gasteiger partial charge in [-0.2, -0.15) is 0 Å². The molecule has 3 heteroatoms. The highest BCUT2D eigenvalue weighted by molar-refractivity contribution is 4.99. The van der Waals surface area contributed by atoms with Crippen molar-refractivity contribution in [3.8, 4) is 12.3 Å². The second kappa shape index (κ2) is 6.11. The Balaban J connectivity index is 2.37. The Labute approximate surface area is 85.0 Å². The van der Waals surface area contributed by atoms with Crippen LogP contribution in [-0.2, 0) is 6.54 Å². The zero-order valence-corrected chi connectivity index (χ0v) is 8.40. The number of terminal acetylenes is 1. The normalized spacial score (nSPS) is 12.0. The maximum atomic E-state index is 5.37. The minimum atomic E-state index is 0.129. The van der Waals surface area contributed by atoms with Crippen LogP contribution in [0.15, 0.2) is 18.5 Å². The molecule has 0 spiro atoms. The van der Waals surface area contributed by atoms with Gasteiger partial charge in [-0.25, -0.2) is 9.97 Å². The Hall–Kier alpha value is -1.40.